The van der Waals surface area contributed by atoms with E-state index in [-0.39, 0.29) is 30.0 Å². The minimum atomic E-state index is -1.00. The predicted molar refractivity (Wildman–Crippen MR) is 143 cm³/mol. The van der Waals surface area contributed by atoms with Crippen molar-refractivity contribution in [1.29, 1.82) is 0 Å². The fraction of sp³-hybridized carbons (Fsp3) is 0.200. The Hall–Kier alpha value is -4.72. The summed E-state index contributed by atoms with van der Waals surface area (Å²) in [5, 5.41) is 12.5. The molecule has 1 aliphatic heterocycles. The van der Waals surface area contributed by atoms with Crippen LogP contribution < -0.4 is 5.32 Å². The number of carboxylic acids is 1. The number of nitrogens with zero attached hydrogens (tertiary/aromatic N) is 2. The van der Waals surface area contributed by atoms with Crippen molar-refractivity contribution in [3.63, 3.8) is 0 Å². The first-order valence-electron chi connectivity index (χ1n) is 12.3. The first-order valence-corrected chi connectivity index (χ1v) is 12.3. The van der Waals surface area contributed by atoms with Crippen LogP contribution in [-0.4, -0.2) is 38.8 Å². The van der Waals surface area contributed by atoms with Crippen molar-refractivity contribution in [1.82, 2.24) is 9.88 Å². The van der Waals surface area contributed by atoms with Crippen molar-refractivity contribution < 1.29 is 23.9 Å². The molecule has 1 aliphatic rings. The number of aliphatic carboxylic acids is 1. The Kier molecular flexibility index (Phi) is 6.55. The van der Waals surface area contributed by atoms with E-state index >= 15 is 0 Å². The summed E-state index contributed by atoms with van der Waals surface area (Å²) in [7, 11) is 0. The summed E-state index contributed by atoms with van der Waals surface area (Å²) in [6, 6.07) is 21.4. The number of benzene rings is 3. The Morgan fingerprint density at radius 3 is 2.32 bits per heavy atom. The molecule has 0 radical (unpaired) electrons. The molecule has 38 heavy (non-hydrogen) atoms. The van der Waals surface area contributed by atoms with E-state index in [9.17, 15) is 19.5 Å². The first kappa shape index (κ1) is 25.0. The van der Waals surface area contributed by atoms with E-state index in [0.717, 1.165) is 22.3 Å². The summed E-state index contributed by atoms with van der Waals surface area (Å²) in [5.74, 6) is -1.05. The van der Waals surface area contributed by atoms with Gasteiger partial charge in [-0.1, -0.05) is 56.3 Å². The summed E-state index contributed by atoms with van der Waals surface area (Å²) < 4.78 is 5.69. The first-order chi connectivity index (χ1) is 18.2. The smallest absolute Gasteiger partial charge is 0.326 e. The number of aromatic nitrogens is 1. The standard InChI is InChI=1S/C30H27N3O5/c1-17(2)26(30(36)37)33-16-22-10-9-21(15-24(22)29(33)35)19-11-13-23(14-12-19)31-27(34)25-18(3)38-28(32-25)20-7-5-4-6-8-20/h4-15,17,26H,16H2,1-3H3,(H,31,34)(H,36,37). The van der Waals surface area contributed by atoms with Gasteiger partial charge in [0, 0.05) is 23.4 Å². The molecule has 2 heterocycles. The lowest BCUT2D eigenvalue weighted by molar-refractivity contribution is -0.144. The number of oxazole rings is 1. The second-order valence-electron chi connectivity index (χ2n) is 9.65. The Balaban J connectivity index is 1.31. The largest absolute Gasteiger partial charge is 0.480 e. The lowest BCUT2D eigenvalue weighted by Gasteiger charge is -2.27. The zero-order valence-corrected chi connectivity index (χ0v) is 21.3. The molecule has 5 rings (SSSR count). The molecule has 0 saturated heterocycles. The van der Waals surface area contributed by atoms with Gasteiger partial charge >= 0.3 is 5.97 Å². The quantitative estimate of drug-likeness (QED) is 0.334. The fourth-order valence-corrected chi connectivity index (χ4v) is 4.75. The van der Waals surface area contributed by atoms with Crippen molar-refractivity contribution in [2.75, 3.05) is 5.32 Å². The Labute approximate surface area is 219 Å². The molecule has 0 fully saturated rings. The molecule has 192 valence electrons. The van der Waals surface area contributed by atoms with Crippen molar-refractivity contribution in [3.05, 3.63) is 95.4 Å². The Morgan fingerprint density at radius 2 is 1.66 bits per heavy atom. The lowest BCUT2D eigenvalue weighted by Crippen LogP contribution is -2.44. The van der Waals surface area contributed by atoms with Gasteiger partial charge in [0.05, 0.1) is 0 Å². The number of fused-ring (bicyclic) bond motifs is 1. The van der Waals surface area contributed by atoms with Gasteiger partial charge in [0.25, 0.3) is 11.8 Å². The maximum absolute atomic E-state index is 13.1. The van der Waals surface area contributed by atoms with Gasteiger partial charge in [0.1, 0.15) is 11.8 Å². The summed E-state index contributed by atoms with van der Waals surface area (Å²) in [4.78, 5) is 43.5. The number of nitrogens with one attached hydrogen (secondary N) is 1. The van der Waals surface area contributed by atoms with E-state index in [1.54, 1.807) is 39.0 Å². The van der Waals surface area contributed by atoms with Gasteiger partial charge in [-0.2, -0.15) is 0 Å². The van der Waals surface area contributed by atoms with Crippen LogP contribution in [0.15, 0.2) is 77.2 Å². The molecule has 1 aromatic heterocycles. The normalized spacial score (nSPS) is 13.5. The van der Waals surface area contributed by atoms with Crippen molar-refractivity contribution in [3.8, 4) is 22.6 Å². The van der Waals surface area contributed by atoms with E-state index in [2.05, 4.69) is 10.3 Å². The molecular formula is C30H27N3O5. The number of anilines is 1. The van der Waals surface area contributed by atoms with Gasteiger partial charge in [-0.25, -0.2) is 9.78 Å². The molecule has 2 amide bonds. The average molecular weight is 510 g/mol. The van der Waals surface area contributed by atoms with Crippen molar-refractivity contribution in [2.45, 2.75) is 33.4 Å². The highest BCUT2D eigenvalue weighted by Gasteiger charge is 2.38. The second-order valence-corrected chi connectivity index (χ2v) is 9.65. The molecule has 8 heteroatoms. The molecular weight excluding hydrogens is 482 g/mol. The second kappa shape index (κ2) is 9.97. The van der Waals surface area contributed by atoms with Gasteiger partial charge in [0.2, 0.25) is 5.89 Å². The molecule has 0 aliphatic carbocycles. The van der Waals surface area contributed by atoms with Gasteiger partial charge in [-0.15, -0.1) is 0 Å². The van der Waals surface area contributed by atoms with Gasteiger partial charge < -0.3 is 19.7 Å². The highest BCUT2D eigenvalue weighted by molar-refractivity contribution is 6.04. The maximum atomic E-state index is 13.1. The summed E-state index contributed by atoms with van der Waals surface area (Å²) in [6.45, 7) is 5.58. The topological polar surface area (TPSA) is 113 Å². The molecule has 1 unspecified atom stereocenters. The third-order valence-corrected chi connectivity index (χ3v) is 6.67. The number of hydrogen-bond acceptors (Lipinski definition) is 5. The van der Waals surface area contributed by atoms with E-state index in [4.69, 9.17) is 4.42 Å². The average Bonchev–Trinajstić information content (AvgIpc) is 3.44. The number of carboxylic acid groups (broad SMARTS) is 1. The lowest BCUT2D eigenvalue weighted by atomic mass is 10.00. The molecule has 0 bridgehead atoms. The van der Waals surface area contributed by atoms with Crippen LogP contribution >= 0.6 is 0 Å². The Bertz CT molecular complexity index is 1520. The van der Waals surface area contributed by atoms with E-state index in [1.807, 2.05) is 54.6 Å². The van der Waals surface area contributed by atoms with E-state index in [1.165, 1.54) is 4.90 Å². The van der Waals surface area contributed by atoms with Crippen LogP contribution in [0.2, 0.25) is 0 Å². The van der Waals surface area contributed by atoms with Crippen LogP contribution in [0.5, 0.6) is 0 Å². The van der Waals surface area contributed by atoms with Crippen LogP contribution in [0, 0.1) is 12.8 Å². The fourth-order valence-electron chi connectivity index (χ4n) is 4.75. The summed E-state index contributed by atoms with van der Waals surface area (Å²) >= 11 is 0. The highest BCUT2D eigenvalue weighted by atomic mass is 16.4. The number of carbonyl (C=O) groups is 3. The van der Waals surface area contributed by atoms with Crippen molar-refractivity contribution >= 4 is 23.5 Å². The van der Waals surface area contributed by atoms with Gasteiger partial charge in [-0.05, 0) is 59.9 Å². The molecule has 0 spiro atoms. The zero-order valence-electron chi connectivity index (χ0n) is 21.3. The van der Waals surface area contributed by atoms with E-state index in [0.29, 0.717) is 22.9 Å². The summed E-state index contributed by atoms with van der Waals surface area (Å²) in [6.07, 6.45) is 0. The molecule has 8 nitrogen and oxygen atoms in total. The number of amides is 2. The minimum Gasteiger partial charge on any atom is -0.480 e. The number of rotatable bonds is 7. The number of hydrogen-bond donors (Lipinski definition) is 2. The SMILES string of the molecule is Cc1oc(-c2ccccc2)nc1C(=O)Nc1ccc(-c2ccc3c(c2)C(=O)N(C(C(=O)O)C(C)C)C3)cc1. The highest BCUT2D eigenvalue weighted by Crippen LogP contribution is 2.32. The summed E-state index contributed by atoms with van der Waals surface area (Å²) in [5.41, 5.74) is 4.61. The van der Waals surface area contributed by atoms with Gasteiger partial charge in [0.15, 0.2) is 5.69 Å². The zero-order chi connectivity index (χ0) is 27.0. The van der Waals surface area contributed by atoms with Crippen LogP contribution in [0.25, 0.3) is 22.6 Å². The van der Waals surface area contributed by atoms with Gasteiger partial charge in [-0.3, -0.25) is 9.59 Å². The van der Waals surface area contributed by atoms with E-state index < -0.39 is 12.0 Å². The van der Waals surface area contributed by atoms with Crippen LogP contribution in [0.1, 0.15) is 46.0 Å². The molecule has 2 N–H and O–H groups in total. The molecule has 3 aromatic carbocycles. The Morgan fingerprint density at radius 1 is 0.974 bits per heavy atom. The maximum Gasteiger partial charge on any atom is 0.326 e. The van der Waals surface area contributed by atoms with Crippen LogP contribution in [0.4, 0.5) is 5.69 Å². The molecule has 0 saturated carbocycles. The monoisotopic (exact) mass is 509 g/mol. The predicted octanol–water partition coefficient (Wildman–Crippen LogP) is 5.63. The third-order valence-electron chi connectivity index (χ3n) is 6.67. The number of aryl methyl sites for hydroxylation is 1. The minimum absolute atomic E-state index is 0.209. The van der Waals surface area contributed by atoms with Crippen LogP contribution in [-0.2, 0) is 11.3 Å². The number of carbonyl (C=O) groups excluding carboxylic acids is 2. The van der Waals surface area contributed by atoms with Crippen molar-refractivity contribution in [2.24, 2.45) is 5.92 Å². The molecule has 1 atom stereocenters. The van der Waals surface area contributed by atoms with Crippen LogP contribution in [0.3, 0.4) is 0 Å². The third kappa shape index (κ3) is 4.68. The molecule has 4 aromatic rings.